The van der Waals surface area contributed by atoms with Crippen LogP contribution in [-0.4, -0.2) is 17.5 Å². The molecule has 0 aliphatic heterocycles. The van der Waals surface area contributed by atoms with Crippen molar-refractivity contribution in [3.8, 4) is 16.3 Å². The number of nitrogens with one attached hydrogen (secondary N) is 1. The average molecular weight is 352 g/mol. The zero-order valence-corrected chi connectivity index (χ0v) is 13.2. The molecule has 0 aliphatic rings. The number of amides is 1. The first-order valence-corrected chi connectivity index (χ1v) is 8.28. The van der Waals surface area contributed by atoms with Gasteiger partial charge in [-0.05, 0) is 35.7 Å². The van der Waals surface area contributed by atoms with E-state index in [2.05, 4.69) is 15.0 Å². The van der Waals surface area contributed by atoms with Crippen LogP contribution in [0.4, 0.5) is 14.5 Å². The van der Waals surface area contributed by atoms with Crippen molar-refractivity contribution in [1.29, 1.82) is 0 Å². The lowest BCUT2D eigenvalue weighted by molar-refractivity contribution is -0.0498. The van der Waals surface area contributed by atoms with Crippen molar-refractivity contribution >= 4 is 34.3 Å². The molecule has 1 aromatic carbocycles. The molecular weight excluding hydrogens is 342 g/mol. The monoisotopic (exact) mass is 352 g/mol. The zero-order chi connectivity index (χ0) is 16.2. The van der Waals surface area contributed by atoms with E-state index in [9.17, 15) is 13.6 Å². The fraction of sp³-hybridized carbons (Fsp3) is 0.0667. The van der Waals surface area contributed by atoms with Gasteiger partial charge in [0.25, 0.3) is 5.91 Å². The average Bonchev–Trinajstić information content (AvgIpc) is 3.19. The number of hydrogen-bond donors (Lipinski definition) is 1. The molecule has 0 atom stereocenters. The van der Waals surface area contributed by atoms with Crippen LogP contribution in [0.25, 0.3) is 10.6 Å². The number of nitrogens with zero attached hydrogens (tertiary/aromatic N) is 1. The Balaban J connectivity index is 1.67. The van der Waals surface area contributed by atoms with Gasteiger partial charge in [-0.1, -0.05) is 0 Å². The van der Waals surface area contributed by atoms with Crippen LogP contribution in [0.5, 0.6) is 5.75 Å². The quantitative estimate of drug-likeness (QED) is 0.722. The first-order valence-electron chi connectivity index (χ1n) is 6.46. The normalized spacial score (nSPS) is 10.7. The molecule has 0 aliphatic carbocycles. The summed E-state index contributed by atoms with van der Waals surface area (Å²) in [5, 5.41) is 9.02. The molecule has 4 nitrogen and oxygen atoms in total. The summed E-state index contributed by atoms with van der Waals surface area (Å²) in [6.07, 6.45) is 0. The van der Waals surface area contributed by atoms with E-state index in [1.807, 2.05) is 16.8 Å². The van der Waals surface area contributed by atoms with Gasteiger partial charge in [-0.2, -0.15) is 20.1 Å². The smallest absolute Gasteiger partial charge is 0.387 e. The minimum Gasteiger partial charge on any atom is -0.435 e. The van der Waals surface area contributed by atoms with Crippen molar-refractivity contribution in [3.05, 3.63) is 52.2 Å². The number of carbonyl (C=O) groups is 1. The number of thiazole rings is 1. The van der Waals surface area contributed by atoms with Gasteiger partial charge in [-0.25, -0.2) is 4.98 Å². The number of benzene rings is 1. The van der Waals surface area contributed by atoms with E-state index in [1.54, 1.807) is 16.7 Å². The Hall–Kier alpha value is -2.32. The third-order valence-electron chi connectivity index (χ3n) is 2.84. The molecule has 0 radical (unpaired) electrons. The fourth-order valence-corrected chi connectivity index (χ4v) is 3.32. The summed E-state index contributed by atoms with van der Waals surface area (Å²) >= 11 is 2.95. The van der Waals surface area contributed by atoms with E-state index in [0.29, 0.717) is 11.4 Å². The molecule has 0 saturated heterocycles. The van der Waals surface area contributed by atoms with Crippen LogP contribution in [-0.2, 0) is 0 Å². The van der Waals surface area contributed by atoms with Crippen molar-refractivity contribution in [3.63, 3.8) is 0 Å². The summed E-state index contributed by atoms with van der Waals surface area (Å²) in [5.74, 6) is -0.323. The summed E-state index contributed by atoms with van der Waals surface area (Å²) in [6, 6.07) is 7.63. The summed E-state index contributed by atoms with van der Waals surface area (Å²) in [6.45, 7) is -2.87. The highest BCUT2D eigenvalue weighted by molar-refractivity contribution is 7.14. The van der Waals surface area contributed by atoms with E-state index >= 15 is 0 Å². The van der Waals surface area contributed by atoms with Gasteiger partial charge in [0.2, 0.25) is 0 Å². The Kier molecular flexibility index (Phi) is 4.63. The van der Waals surface area contributed by atoms with Crippen LogP contribution < -0.4 is 10.1 Å². The van der Waals surface area contributed by atoms with Crippen molar-refractivity contribution in [2.24, 2.45) is 0 Å². The SMILES string of the molecule is O=C(Nc1ccc(OC(F)F)cc1)c1csc(-c2ccsc2)n1. The molecule has 118 valence electrons. The summed E-state index contributed by atoms with van der Waals surface area (Å²) in [5.41, 5.74) is 1.76. The lowest BCUT2D eigenvalue weighted by Crippen LogP contribution is -2.12. The maximum Gasteiger partial charge on any atom is 0.387 e. The molecule has 8 heteroatoms. The van der Waals surface area contributed by atoms with E-state index < -0.39 is 6.61 Å². The molecule has 1 amide bonds. The van der Waals surface area contributed by atoms with E-state index in [1.165, 1.54) is 35.6 Å². The van der Waals surface area contributed by atoms with Gasteiger partial charge in [0, 0.05) is 22.0 Å². The van der Waals surface area contributed by atoms with Crippen molar-refractivity contribution in [2.75, 3.05) is 5.32 Å². The second kappa shape index (κ2) is 6.84. The van der Waals surface area contributed by atoms with Gasteiger partial charge >= 0.3 is 6.61 Å². The zero-order valence-electron chi connectivity index (χ0n) is 11.5. The highest BCUT2D eigenvalue weighted by Gasteiger charge is 2.12. The van der Waals surface area contributed by atoms with Crippen molar-refractivity contribution < 1.29 is 18.3 Å². The first-order chi connectivity index (χ1) is 11.1. The molecule has 0 unspecified atom stereocenters. The minimum atomic E-state index is -2.87. The van der Waals surface area contributed by atoms with Gasteiger partial charge < -0.3 is 10.1 Å². The Labute approximate surface area is 138 Å². The number of aromatic nitrogens is 1. The molecule has 3 rings (SSSR count). The number of halogens is 2. The standard InChI is InChI=1S/C15H10F2N2O2S2/c16-15(17)21-11-3-1-10(2-4-11)18-13(20)12-8-23-14(19-12)9-5-6-22-7-9/h1-8,15H,(H,18,20). The van der Waals surface area contributed by atoms with E-state index in [0.717, 1.165) is 10.6 Å². The predicted molar refractivity (Wildman–Crippen MR) is 86.5 cm³/mol. The van der Waals surface area contributed by atoms with Crippen LogP contribution in [0, 0.1) is 0 Å². The fourth-order valence-electron chi connectivity index (χ4n) is 1.81. The second-order valence-corrected chi connectivity index (χ2v) is 6.05. The van der Waals surface area contributed by atoms with E-state index in [-0.39, 0.29) is 11.7 Å². The molecule has 2 aromatic heterocycles. The molecule has 0 spiro atoms. The van der Waals surface area contributed by atoms with Crippen LogP contribution in [0.2, 0.25) is 0 Å². The van der Waals surface area contributed by atoms with Gasteiger partial charge in [0.1, 0.15) is 16.5 Å². The number of carbonyl (C=O) groups excluding carboxylic acids is 1. The predicted octanol–water partition coefficient (Wildman–Crippen LogP) is 4.73. The maximum atomic E-state index is 12.1. The molecular formula is C15H10F2N2O2S2. The number of ether oxygens (including phenoxy) is 1. The summed E-state index contributed by atoms with van der Waals surface area (Å²) in [4.78, 5) is 16.4. The Morgan fingerprint density at radius 3 is 2.61 bits per heavy atom. The third kappa shape index (κ3) is 3.91. The van der Waals surface area contributed by atoms with E-state index in [4.69, 9.17) is 0 Å². The lowest BCUT2D eigenvalue weighted by Gasteiger charge is -2.06. The second-order valence-electron chi connectivity index (χ2n) is 4.41. The van der Waals surface area contributed by atoms with Crippen LogP contribution in [0.1, 0.15) is 10.5 Å². The Morgan fingerprint density at radius 2 is 1.96 bits per heavy atom. The highest BCUT2D eigenvalue weighted by atomic mass is 32.1. The highest BCUT2D eigenvalue weighted by Crippen LogP contribution is 2.26. The number of rotatable bonds is 5. The van der Waals surface area contributed by atoms with Crippen LogP contribution in [0.15, 0.2) is 46.5 Å². The number of alkyl halides is 2. The molecule has 0 fully saturated rings. The van der Waals surface area contributed by atoms with Gasteiger partial charge in [0.15, 0.2) is 0 Å². The van der Waals surface area contributed by atoms with Gasteiger partial charge in [0.05, 0.1) is 0 Å². The van der Waals surface area contributed by atoms with Crippen molar-refractivity contribution in [2.45, 2.75) is 6.61 Å². The molecule has 1 N–H and O–H groups in total. The maximum absolute atomic E-state index is 12.1. The minimum absolute atomic E-state index is 0.0337. The molecule has 23 heavy (non-hydrogen) atoms. The van der Waals surface area contributed by atoms with Crippen LogP contribution in [0.3, 0.4) is 0 Å². The van der Waals surface area contributed by atoms with Crippen LogP contribution >= 0.6 is 22.7 Å². The molecule has 2 heterocycles. The van der Waals surface area contributed by atoms with Crippen molar-refractivity contribution in [1.82, 2.24) is 4.98 Å². The van der Waals surface area contributed by atoms with Gasteiger partial charge in [-0.3, -0.25) is 4.79 Å². The van der Waals surface area contributed by atoms with Gasteiger partial charge in [-0.15, -0.1) is 11.3 Å². The first kappa shape index (κ1) is 15.6. The topological polar surface area (TPSA) is 51.2 Å². The Morgan fingerprint density at radius 1 is 1.17 bits per heavy atom. The summed E-state index contributed by atoms with van der Waals surface area (Å²) in [7, 11) is 0. The number of thiophene rings is 1. The molecule has 3 aromatic rings. The summed E-state index contributed by atoms with van der Waals surface area (Å²) < 4.78 is 28.4. The third-order valence-corrected chi connectivity index (χ3v) is 4.42. The lowest BCUT2D eigenvalue weighted by atomic mass is 10.3. The molecule has 0 saturated carbocycles. The number of hydrogen-bond acceptors (Lipinski definition) is 5. The molecule has 0 bridgehead atoms. The Bertz CT molecular complexity index is 786. The number of anilines is 1. The largest absolute Gasteiger partial charge is 0.435 e.